The number of hydrogen-bond acceptors (Lipinski definition) is 3. The predicted octanol–water partition coefficient (Wildman–Crippen LogP) is 2.80. The van der Waals surface area contributed by atoms with Crippen molar-refractivity contribution in [1.29, 1.82) is 0 Å². The summed E-state index contributed by atoms with van der Waals surface area (Å²) in [6.45, 7) is 6.60. The van der Waals surface area contributed by atoms with Crippen molar-refractivity contribution in [2.75, 3.05) is 6.54 Å². The average molecular weight is 247 g/mol. The fraction of sp³-hybridized carbons (Fsp3) is 0.533. The van der Waals surface area contributed by atoms with Crippen molar-refractivity contribution in [3.63, 3.8) is 0 Å². The smallest absolute Gasteiger partial charge is 0.182 e. The van der Waals surface area contributed by atoms with E-state index in [0.717, 1.165) is 30.7 Å². The fourth-order valence-corrected chi connectivity index (χ4v) is 1.95. The minimum atomic E-state index is -0.520. The third kappa shape index (κ3) is 3.10. The third-order valence-corrected chi connectivity index (χ3v) is 3.13. The molecule has 3 nitrogen and oxygen atoms in total. The van der Waals surface area contributed by atoms with Gasteiger partial charge in [-0.15, -0.1) is 0 Å². The fourth-order valence-electron chi connectivity index (χ4n) is 1.95. The van der Waals surface area contributed by atoms with Gasteiger partial charge >= 0.3 is 0 Å². The SMILES string of the molecule is CCNC(C)(C)C(=O)c1ccc(OC2CC2)cc1. The van der Waals surface area contributed by atoms with Crippen LogP contribution in [-0.2, 0) is 0 Å². The van der Waals surface area contributed by atoms with Crippen molar-refractivity contribution in [2.45, 2.75) is 45.3 Å². The maximum atomic E-state index is 12.3. The Hall–Kier alpha value is -1.35. The molecule has 18 heavy (non-hydrogen) atoms. The molecule has 0 atom stereocenters. The Morgan fingerprint density at radius 1 is 1.33 bits per heavy atom. The van der Waals surface area contributed by atoms with Gasteiger partial charge in [-0.3, -0.25) is 4.79 Å². The van der Waals surface area contributed by atoms with Gasteiger partial charge in [0.25, 0.3) is 0 Å². The summed E-state index contributed by atoms with van der Waals surface area (Å²) in [6, 6.07) is 7.46. The lowest BCUT2D eigenvalue weighted by Crippen LogP contribution is -2.46. The molecule has 0 spiro atoms. The molecule has 0 bridgehead atoms. The number of carbonyl (C=O) groups is 1. The minimum absolute atomic E-state index is 0.113. The Kier molecular flexibility index (Phi) is 3.71. The number of Topliss-reactive ketones (excluding diaryl/α,β-unsaturated/α-hetero) is 1. The summed E-state index contributed by atoms with van der Waals surface area (Å²) in [4.78, 5) is 12.3. The highest BCUT2D eigenvalue weighted by Crippen LogP contribution is 2.27. The first-order valence-electron chi connectivity index (χ1n) is 6.59. The van der Waals surface area contributed by atoms with Gasteiger partial charge in [0.15, 0.2) is 5.78 Å². The molecule has 0 amide bonds. The minimum Gasteiger partial charge on any atom is -0.490 e. The highest BCUT2D eigenvalue weighted by molar-refractivity contribution is 6.02. The van der Waals surface area contributed by atoms with E-state index in [1.807, 2.05) is 45.0 Å². The number of carbonyl (C=O) groups excluding carboxylic acids is 1. The van der Waals surface area contributed by atoms with Crippen LogP contribution >= 0.6 is 0 Å². The molecule has 98 valence electrons. The molecule has 1 N–H and O–H groups in total. The van der Waals surface area contributed by atoms with Crippen molar-refractivity contribution >= 4 is 5.78 Å². The van der Waals surface area contributed by atoms with Crippen LogP contribution in [0.5, 0.6) is 5.75 Å². The van der Waals surface area contributed by atoms with Gasteiger partial charge in [-0.1, -0.05) is 6.92 Å². The van der Waals surface area contributed by atoms with Crippen molar-refractivity contribution in [3.05, 3.63) is 29.8 Å². The quantitative estimate of drug-likeness (QED) is 0.786. The van der Waals surface area contributed by atoms with Gasteiger partial charge in [0, 0.05) is 5.56 Å². The molecule has 0 aromatic heterocycles. The van der Waals surface area contributed by atoms with Gasteiger partial charge in [0.2, 0.25) is 0 Å². The van der Waals surface area contributed by atoms with Crippen LogP contribution in [0.25, 0.3) is 0 Å². The Labute approximate surface area is 109 Å². The van der Waals surface area contributed by atoms with Crippen molar-refractivity contribution < 1.29 is 9.53 Å². The third-order valence-electron chi connectivity index (χ3n) is 3.13. The molecule has 1 aromatic rings. The number of ether oxygens (including phenoxy) is 1. The molecule has 0 unspecified atom stereocenters. The van der Waals surface area contributed by atoms with Crippen molar-refractivity contribution in [3.8, 4) is 5.75 Å². The van der Waals surface area contributed by atoms with E-state index in [1.54, 1.807) is 0 Å². The van der Waals surface area contributed by atoms with Crippen LogP contribution < -0.4 is 10.1 Å². The second-order valence-electron chi connectivity index (χ2n) is 5.33. The molecular formula is C15H21NO2. The summed E-state index contributed by atoms with van der Waals surface area (Å²) < 4.78 is 5.67. The number of rotatable bonds is 6. The molecule has 1 aromatic carbocycles. The molecule has 1 saturated carbocycles. The van der Waals surface area contributed by atoms with Gasteiger partial charge in [-0.25, -0.2) is 0 Å². The van der Waals surface area contributed by atoms with Crippen LogP contribution in [0.1, 0.15) is 44.0 Å². The number of nitrogens with one attached hydrogen (secondary N) is 1. The lowest BCUT2D eigenvalue weighted by molar-refractivity contribution is 0.0884. The molecule has 1 aliphatic rings. The lowest BCUT2D eigenvalue weighted by Gasteiger charge is -2.24. The van der Waals surface area contributed by atoms with Crippen LogP contribution in [-0.4, -0.2) is 24.0 Å². The first kappa shape index (κ1) is 13.1. The van der Waals surface area contributed by atoms with E-state index in [-0.39, 0.29) is 5.78 Å². The van der Waals surface area contributed by atoms with Crippen LogP contribution in [0.4, 0.5) is 0 Å². The van der Waals surface area contributed by atoms with Crippen molar-refractivity contribution in [2.24, 2.45) is 0 Å². The molecule has 2 rings (SSSR count). The maximum absolute atomic E-state index is 12.3. The van der Waals surface area contributed by atoms with Crippen molar-refractivity contribution in [1.82, 2.24) is 5.32 Å². The Morgan fingerprint density at radius 2 is 1.94 bits per heavy atom. The van der Waals surface area contributed by atoms with Gasteiger partial charge in [0.05, 0.1) is 11.6 Å². The maximum Gasteiger partial charge on any atom is 0.182 e. The van der Waals surface area contributed by atoms with Gasteiger partial charge in [-0.05, 0) is 57.5 Å². The zero-order chi connectivity index (χ0) is 13.2. The monoisotopic (exact) mass is 247 g/mol. The van der Waals surface area contributed by atoms with E-state index in [0.29, 0.717) is 6.10 Å². The van der Waals surface area contributed by atoms with E-state index in [2.05, 4.69) is 5.32 Å². The normalized spacial score (nSPS) is 15.5. The van der Waals surface area contributed by atoms with Crippen LogP contribution in [0.2, 0.25) is 0 Å². The highest BCUT2D eigenvalue weighted by Gasteiger charge is 2.27. The Bertz CT molecular complexity index is 419. The number of likely N-dealkylation sites (N-methyl/N-ethyl adjacent to an activating group) is 1. The topological polar surface area (TPSA) is 38.3 Å². The molecule has 0 saturated heterocycles. The second-order valence-corrected chi connectivity index (χ2v) is 5.33. The Morgan fingerprint density at radius 3 is 2.44 bits per heavy atom. The largest absolute Gasteiger partial charge is 0.490 e. The lowest BCUT2D eigenvalue weighted by atomic mass is 9.93. The number of benzene rings is 1. The number of ketones is 1. The Balaban J connectivity index is 2.05. The molecule has 0 heterocycles. The average Bonchev–Trinajstić information content (AvgIpc) is 3.13. The molecule has 1 aliphatic carbocycles. The molecular weight excluding hydrogens is 226 g/mol. The standard InChI is InChI=1S/C15H21NO2/c1-4-16-15(2,3)14(17)11-5-7-12(8-6-11)18-13-9-10-13/h5-8,13,16H,4,9-10H2,1-3H3. The summed E-state index contributed by atoms with van der Waals surface area (Å²) in [7, 11) is 0. The zero-order valence-electron chi connectivity index (χ0n) is 11.3. The summed E-state index contributed by atoms with van der Waals surface area (Å²) in [5.74, 6) is 0.970. The predicted molar refractivity (Wildman–Crippen MR) is 72.2 cm³/mol. The van der Waals surface area contributed by atoms with E-state index in [9.17, 15) is 4.79 Å². The molecule has 0 radical (unpaired) electrons. The second kappa shape index (κ2) is 5.11. The van der Waals surface area contributed by atoms with Gasteiger partial charge in [0.1, 0.15) is 5.75 Å². The summed E-state index contributed by atoms with van der Waals surface area (Å²) in [5.41, 5.74) is 0.206. The van der Waals surface area contributed by atoms with Crippen LogP contribution in [0, 0.1) is 0 Å². The first-order chi connectivity index (χ1) is 8.53. The first-order valence-corrected chi connectivity index (χ1v) is 6.59. The zero-order valence-corrected chi connectivity index (χ0v) is 11.3. The summed E-state index contributed by atoms with van der Waals surface area (Å²) >= 11 is 0. The van der Waals surface area contributed by atoms with Crippen LogP contribution in [0.3, 0.4) is 0 Å². The van der Waals surface area contributed by atoms with Gasteiger partial charge < -0.3 is 10.1 Å². The summed E-state index contributed by atoms with van der Waals surface area (Å²) in [6.07, 6.45) is 2.69. The van der Waals surface area contributed by atoms with Crippen LogP contribution in [0.15, 0.2) is 24.3 Å². The van der Waals surface area contributed by atoms with E-state index >= 15 is 0 Å². The number of hydrogen-bond donors (Lipinski definition) is 1. The van der Waals surface area contributed by atoms with E-state index in [1.165, 1.54) is 0 Å². The molecule has 3 heteroatoms. The molecule has 1 fully saturated rings. The van der Waals surface area contributed by atoms with E-state index < -0.39 is 5.54 Å². The highest BCUT2D eigenvalue weighted by atomic mass is 16.5. The molecule has 0 aliphatic heterocycles. The van der Waals surface area contributed by atoms with E-state index in [4.69, 9.17) is 4.74 Å². The summed E-state index contributed by atoms with van der Waals surface area (Å²) in [5, 5.41) is 3.20. The van der Waals surface area contributed by atoms with Gasteiger partial charge in [-0.2, -0.15) is 0 Å².